The summed E-state index contributed by atoms with van der Waals surface area (Å²) >= 11 is 0. The number of benzene rings is 1. The number of ether oxygens (including phenoxy) is 1. The molecule has 0 atom stereocenters. The van der Waals surface area contributed by atoms with Crippen LogP contribution < -0.4 is 4.90 Å². The average Bonchev–Trinajstić information content (AvgIpc) is 3.60. The number of anilines is 1. The standard InChI is InChI=1S/C26H30N8O4S/c1-19-4-3-5-20(16-19)21-6-7-33(28-21)23-18-25(30-12-14-38-15-13-30)34-24(27-23)17-22(29-34)26(35)31-8-10-32(11-9-31)39(2,36)37/h3-7,16-18H,8-15H2,1-2H3. The van der Waals surface area contributed by atoms with Crippen molar-refractivity contribution in [3.63, 3.8) is 0 Å². The highest BCUT2D eigenvalue weighted by molar-refractivity contribution is 7.88. The first-order valence-corrected chi connectivity index (χ1v) is 14.7. The van der Waals surface area contributed by atoms with Crippen LogP contribution in [0.3, 0.4) is 0 Å². The number of morpholine rings is 1. The van der Waals surface area contributed by atoms with E-state index >= 15 is 0 Å². The van der Waals surface area contributed by atoms with Crippen molar-refractivity contribution < 1.29 is 17.9 Å². The predicted octanol–water partition coefficient (Wildman–Crippen LogP) is 1.44. The molecule has 2 saturated heterocycles. The molecular weight excluding hydrogens is 520 g/mol. The highest BCUT2D eigenvalue weighted by Crippen LogP contribution is 2.24. The number of rotatable bonds is 5. The van der Waals surface area contributed by atoms with Gasteiger partial charge in [0.15, 0.2) is 17.2 Å². The maximum absolute atomic E-state index is 13.4. The van der Waals surface area contributed by atoms with E-state index in [1.165, 1.54) is 10.6 Å². The second kappa shape index (κ2) is 10.1. The van der Waals surface area contributed by atoms with Gasteiger partial charge in [-0.15, -0.1) is 0 Å². The lowest BCUT2D eigenvalue weighted by Crippen LogP contribution is -2.50. The van der Waals surface area contributed by atoms with E-state index in [-0.39, 0.29) is 24.7 Å². The second-order valence-electron chi connectivity index (χ2n) is 9.84. The summed E-state index contributed by atoms with van der Waals surface area (Å²) in [7, 11) is -3.29. The summed E-state index contributed by atoms with van der Waals surface area (Å²) in [6, 6.07) is 13.7. The topological polar surface area (TPSA) is 118 Å². The van der Waals surface area contributed by atoms with Crippen molar-refractivity contribution in [3.8, 4) is 17.1 Å². The van der Waals surface area contributed by atoms with Gasteiger partial charge in [0.1, 0.15) is 5.82 Å². The van der Waals surface area contributed by atoms with E-state index in [1.54, 1.807) is 20.2 Å². The first kappa shape index (κ1) is 25.5. The zero-order valence-corrected chi connectivity index (χ0v) is 22.7. The number of nitrogens with zero attached hydrogens (tertiary/aromatic N) is 8. The molecule has 2 fully saturated rings. The zero-order chi connectivity index (χ0) is 27.1. The number of hydrogen-bond donors (Lipinski definition) is 0. The highest BCUT2D eigenvalue weighted by Gasteiger charge is 2.29. The largest absolute Gasteiger partial charge is 0.378 e. The molecule has 12 nitrogen and oxygen atoms in total. The number of aromatic nitrogens is 5. The molecule has 5 heterocycles. The van der Waals surface area contributed by atoms with Crippen LogP contribution in [0.5, 0.6) is 0 Å². The molecule has 39 heavy (non-hydrogen) atoms. The van der Waals surface area contributed by atoms with Crippen LogP contribution in [0.25, 0.3) is 22.7 Å². The quantitative estimate of drug-likeness (QED) is 0.366. The molecular formula is C26H30N8O4S. The highest BCUT2D eigenvalue weighted by atomic mass is 32.2. The van der Waals surface area contributed by atoms with Gasteiger partial charge in [0, 0.05) is 63.2 Å². The van der Waals surface area contributed by atoms with Crippen LogP contribution in [0.15, 0.2) is 48.7 Å². The monoisotopic (exact) mass is 550 g/mol. The number of carbonyl (C=O) groups is 1. The molecule has 0 aliphatic carbocycles. The normalized spacial score (nSPS) is 17.2. The Bertz CT molecular complexity index is 1630. The van der Waals surface area contributed by atoms with Crippen molar-refractivity contribution >= 4 is 27.4 Å². The Morgan fingerprint density at radius 1 is 0.949 bits per heavy atom. The van der Waals surface area contributed by atoms with E-state index < -0.39 is 10.0 Å². The van der Waals surface area contributed by atoms with Crippen molar-refractivity contribution in [2.75, 3.05) is 63.6 Å². The molecule has 0 saturated carbocycles. The number of sulfonamides is 1. The van der Waals surface area contributed by atoms with E-state index in [2.05, 4.69) is 29.1 Å². The molecule has 0 N–H and O–H groups in total. The Hall–Kier alpha value is -3.81. The fourth-order valence-electron chi connectivity index (χ4n) is 4.98. The van der Waals surface area contributed by atoms with Crippen molar-refractivity contribution in [1.29, 1.82) is 0 Å². The maximum atomic E-state index is 13.4. The third-order valence-corrected chi connectivity index (χ3v) is 8.38. The lowest BCUT2D eigenvalue weighted by Gasteiger charge is -2.32. The minimum atomic E-state index is -3.29. The number of aryl methyl sites for hydroxylation is 1. The minimum Gasteiger partial charge on any atom is -0.378 e. The summed E-state index contributed by atoms with van der Waals surface area (Å²) in [5.41, 5.74) is 3.82. The van der Waals surface area contributed by atoms with E-state index in [4.69, 9.17) is 14.8 Å². The van der Waals surface area contributed by atoms with Gasteiger partial charge in [0.2, 0.25) is 10.0 Å². The van der Waals surface area contributed by atoms with Gasteiger partial charge in [-0.3, -0.25) is 4.79 Å². The third kappa shape index (κ3) is 5.12. The van der Waals surface area contributed by atoms with Gasteiger partial charge >= 0.3 is 0 Å². The van der Waals surface area contributed by atoms with Crippen LogP contribution in [-0.4, -0.2) is 107 Å². The van der Waals surface area contributed by atoms with Crippen LogP contribution >= 0.6 is 0 Å². The first-order chi connectivity index (χ1) is 18.8. The van der Waals surface area contributed by atoms with Gasteiger partial charge in [-0.1, -0.05) is 23.8 Å². The van der Waals surface area contributed by atoms with Gasteiger partial charge in [0.05, 0.1) is 25.2 Å². The summed E-state index contributed by atoms with van der Waals surface area (Å²) in [6.45, 7) is 5.75. The van der Waals surface area contributed by atoms with Gasteiger partial charge in [0.25, 0.3) is 5.91 Å². The number of fused-ring (bicyclic) bond motifs is 1. The number of amides is 1. The van der Waals surface area contributed by atoms with Crippen LogP contribution in [0.2, 0.25) is 0 Å². The molecule has 0 spiro atoms. The van der Waals surface area contributed by atoms with Crippen LogP contribution in [0, 0.1) is 6.92 Å². The summed E-state index contributed by atoms with van der Waals surface area (Å²) < 4.78 is 34.1. The van der Waals surface area contributed by atoms with Gasteiger partial charge in [-0.05, 0) is 19.1 Å². The molecule has 1 amide bonds. The fraction of sp³-hybridized carbons (Fsp3) is 0.385. The predicted molar refractivity (Wildman–Crippen MR) is 146 cm³/mol. The van der Waals surface area contributed by atoms with Crippen molar-refractivity contribution in [2.45, 2.75) is 6.92 Å². The van der Waals surface area contributed by atoms with Gasteiger partial charge < -0.3 is 14.5 Å². The van der Waals surface area contributed by atoms with Gasteiger partial charge in [-0.2, -0.15) is 19.0 Å². The molecule has 2 aliphatic rings. The molecule has 13 heteroatoms. The van der Waals surface area contributed by atoms with Crippen LogP contribution in [0.1, 0.15) is 16.1 Å². The molecule has 0 unspecified atom stereocenters. The lowest BCUT2D eigenvalue weighted by molar-refractivity contribution is 0.0692. The Morgan fingerprint density at radius 2 is 1.72 bits per heavy atom. The van der Waals surface area contributed by atoms with Crippen molar-refractivity contribution in [1.82, 2.24) is 33.6 Å². The van der Waals surface area contributed by atoms with E-state index in [0.717, 1.165) is 22.6 Å². The molecule has 1 aromatic carbocycles. The summed E-state index contributed by atoms with van der Waals surface area (Å²) in [4.78, 5) is 22.0. The number of carbonyl (C=O) groups excluding carboxylic acids is 1. The molecule has 204 valence electrons. The first-order valence-electron chi connectivity index (χ1n) is 12.9. The zero-order valence-electron chi connectivity index (χ0n) is 21.9. The number of hydrogen-bond acceptors (Lipinski definition) is 8. The van der Waals surface area contributed by atoms with Crippen LogP contribution in [-0.2, 0) is 14.8 Å². The molecule has 0 radical (unpaired) electrons. The lowest BCUT2D eigenvalue weighted by atomic mass is 10.1. The molecule has 4 aromatic rings. The SMILES string of the molecule is Cc1cccc(-c2ccn(-c3cc(N4CCOCC4)n4nc(C(=O)N5CCN(S(C)(=O)=O)CC5)cc4n3)n2)c1. The average molecular weight is 551 g/mol. The molecule has 2 aliphatic heterocycles. The summed E-state index contributed by atoms with van der Waals surface area (Å²) in [6.07, 6.45) is 3.07. The van der Waals surface area contributed by atoms with Gasteiger partial charge in [-0.25, -0.2) is 18.1 Å². The summed E-state index contributed by atoms with van der Waals surface area (Å²) in [5, 5.41) is 9.43. The molecule has 6 rings (SSSR count). The smallest absolute Gasteiger partial charge is 0.274 e. The Kier molecular flexibility index (Phi) is 6.57. The Morgan fingerprint density at radius 3 is 2.44 bits per heavy atom. The molecule has 0 bridgehead atoms. The molecule has 3 aromatic heterocycles. The van der Waals surface area contributed by atoms with E-state index in [9.17, 15) is 13.2 Å². The van der Waals surface area contributed by atoms with Crippen LogP contribution in [0.4, 0.5) is 5.82 Å². The van der Waals surface area contributed by atoms with Crippen molar-refractivity contribution in [2.24, 2.45) is 0 Å². The fourth-order valence-corrected chi connectivity index (χ4v) is 5.81. The van der Waals surface area contributed by atoms with Crippen molar-refractivity contribution in [3.05, 3.63) is 59.9 Å². The second-order valence-corrected chi connectivity index (χ2v) is 11.8. The third-order valence-electron chi connectivity index (χ3n) is 7.08. The Balaban J connectivity index is 1.35. The van der Waals surface area contributed by atoms with E-state index in [1.807, 2.05) is 30.5 Å². The van der Waals surface area contributed by atoms with E-state index in [0.29, 0.717) is 50.9 Å². The minimum absolute atomic E-state index is 0.246. The Labute approximate surface area is 226 Å². The maximum Gasteiger partial charge on any atom is 0.274 e. The number of piperazine rings is 1. The summed E-state index contributed by atoms with van der Waals surface area (Å²) in [5.74, 6) is 1.17.